The lowest BCUT2D eigenvalue weighted by atomic mass is 10.1. The molecule has 7 nitrogen and oxygen atoms in total. The van der Waals surface area contributed by atoms with Gasteiger partial charge in [-0.1, -0.05) is 30.3 Å². The molecule has 168 valence electrons. The quantitative estimate of drug-likeness (QED) is 0.553. The maximum atomic E-state index is 13.5. The van der Waals surface area contributed by atoms with Crippen LogP contribution < -0.4 is 19.1 Å². The summed E-state index contributed by atoms with van der Waals surface area (Å²) >= 11 is 0. The number of methoxy groups -OCH3 is 2. The molecular weight excluding hydrogens is 428 g/mol. The van der Waals surface area contributed by atoms with E-state index in [-0.39, 0.29) is 4.90 Å². The molecule has 3 aromatic rings. The molecule has 0 bridgehead atoms. The first kappa shape index (κ1) is 23.1. The molecule has 3 aromatic carbocycles. The molecule has 0 radical (unpaired) electrons. The van der Waals surface area contributed by atoms with E-state index in [1.165, 1.54) is 26.4 Å². The Kier molecular flexibility index (Phi) is 7.05. The average molecular weight is 455 g/mol. The van der Waals surface area contributed by atoms with Gasteiger partial charge < -0.3 is 14.8 Å². The van der Waals surface area contributed by atoms with Gasteiger partial charge >= 0.3 is 0 Å². The van der Waals surface area contributed by atoms with Crippen molar-refractivity contribution in [2.75, 3.05) is 30.4 Å². The second-order valence-electron chi connectivity index (χ2n) is 7.23. The van der Waals surface area contributed by atoms with Crippen LogP contribution in [0.5, 0.6) is 11.5 Å². The van der Waals surface area contributed by atoms with E-state index < -0.39 is 22.5 Å². The highest BCUT2D eigenvalue weighted by atomic mass is 32.2. The van der Waals surface area contributed by atoms with Crippen LogP contribution in [-0.4, -0.2) is 35.1 Å². The van der Waals surface area contributed by atoms with Crippen LogP contribution in [0, 0.1) is 13.8 Å². The van der Waals surface area contributed by atoms with E-state index in [0.29, 0.717) is 22.9 Å². The molecule has 3 rings (SSSR count). The van der Waals surface area contributed by atoms with Crippen molar-refractivity contribution >= 4 is 27.3 Å². The summed E-state index contributed by atoms with van der Waals surface area (Å²) in [6.07, 6.45) is 0. The smallest absolute Gasteiger partial charge is 0.264 e. The molecule has 1 N–H and O–H groups in total. The predicted octanol–water partition coefficient (Wildman–Crippen LogP) is 4.15. The fourth-order valence-corrected chi connectivity index (χ4v) is 4.75. The van der Waals surface area contributed by atoms with Crippen molar-refractivity contribution in [3.05, 3.63) is 77.9 Å². The molecule has 32 heavy (non-hydrogen) atoms. The fourth-order valence-electron chi connectivity index (χ4n) is 3.25. The van der Waals surface area contributed by atoms with E-state index in [1.54, 1.807) is 42.5 Å². The number of nitrogens with one attached hydrogen (secondary N) is 1. The second-order valence-corrected chi connectivity index (χ2v) is 9.09. The van der Waals surface area contributed by atoms with Crippen molar-refractivity contribution in [3.63, 3.8) is 0 Å². The van der Waals surface area contributed by atoms with Crippen LogP contribution in [0.4, 0.5) is 11.4 Å². The highest BCUT2D eigenvalue weighted by Gasteiger charge is 2.28. The average Bonchev–Trinajstić information content (AvgIpc) is 2.79. The number of carbonyl (C=O) groups is 1. The van der Waals surface area contributed by atoms with Crippen LogP contribution in [0.25, 0.3) is 0 Å². The van der Waals surface area contributed by atoms with Gasteiger partial charge in [0.25, 0.3) is 10.0 Å². The summed E-state index contributed by atoms with van der Waals surface area (Å²) < 4.78 is 38.6. The highest BCUT2D eigenvalue weighted by molar-refractivity contribution is 7.92. The van der Waals surface area contributed by atoms with Gasteiger partial charge in [0.05, 0.1) is 24.8 Å². The van der Waals surface area contributed by atoms with E-state index in [1.807, 2.05) is 26.0 Å². The number of carbonyl (C=O) groups excluding carboxylic acids is 1. The van der Waals surface area contributed by atoms with Gasteiger partial charge in [0, 0.05) is 11.8 Å². The number of hydrogen-bond acceptors (Lipinski definition) is 5. The molecule has 0 aromatic heterocycles. The summed E-state index contributed by atoms with van der Waals surface area (Å²) in [5.41, 5.74) is 2.55. The minimum Gasteiger partial charge on any atom is -0.493 e. The van der Waals surface area contributed by atoms with E-state index >= 15 is 0 Å². The fraction of sp³-hybridized carbons (Fsp3) is 0.208. The number of rotatable bonds is 8. The Labute approximate surface area is 188 Å². The zero-order valence-corrected chi connectivity index (χ0v) is 19.3. The van der Waals surface area contributed by atoms with Crippen LogP contribution >= 0.6 is 0 Å². The Hall–Kier alpha value is -3.52. The molecule has 1 amide bonds. The van der Waals surface area contributed by atoms with Gasteiger partial charge in [0.1, 0.15) is 6.54 Å². The third kappa shape index (κ3) is 5.03. The normalized spacial score (nSPS) is 11.0. The Balaban J connectivity index is 1.96. The molecule has 0 spiro atoms. The van der Waals surface area contributed by atoms with E-state index in [9.17, 15) is 13.2 Å². The Morgan fingerprint density at radius 3 is 2.25 bits per heavy atom. The van der Waals surface area contributed by atoms with Crippen LogP contribution in [0.2, 0.25) is 0 Å². The molecule has 0 aliphatic carbocycles. The van der Waals surface area contributed by atoms with E-state index in [0.717, 1.165) is 15.4 Å². The van der Waals surface area contributed by atoms with E-state index in [2.05, 4.69) is 5.32 Å². The molecule has 0 aliphatic rings. The second kappa shape index (κ2) is 9.74. The lowest BCUT2D eigenvalue weighted by molar-refractivity contribution is -0.114. The van der Waals surface area contributed by atoms with Gasteiger partial charge in [-0.15, -0.1) is 0 Å². The van der Waals surface area contributed by atoms with Crippen LogP contribution in [0.1, 0.15) is 11.1 Å². The highest BCUT2D eigenvalue weighted by Crippen LogP contribution is 2.31. The summed E-state index contributed by atoms with van der Waals surface area (Å²) in [5.74, 6) is 0.486. The number of ether oxygens (including phenoxy) is 2. The summed E-state index contributed by atoms with van der Waals surface area (Å²) in [5, 5.41) is 2.75. The first-order valence-electron chi connectivity index (χ1n) is 9.93. The zero-order valence-electron chi connectivity index (χ0n) is 18.5. The Bertz CT molecular complexity index is 1210. The minimum atomic E-state index is -3.98. The number of benzene rings is 3. The Morgan fingerprint density at radius 1 is 0.906 bits per heavy atom. The van der Waals surface area contributed by atoms with E-state index in [4.69, 9.17) is 9.47 Å². The maximum absolute atomic E-state index is 13.5. The third-order valence-electron chi connectivity index (χ3n) is 4.92. The lowest BCUT2D eigenvalue weighted by Crippen LogP contribution is -2.38. The van der Waals surface area contributed by atoms with Crippen molar-refractivity contribution in [2.24, 2.45) is 0 Å². The molecule has 0 heterocycles. The number of amides is 1. The largest absolute Gasteiger partial charge is 0.493 e. The molecule has 0 aliphatic heterocycles. The van der Waals surface area contributed by atoms with Crippen molar-refractivity contribution < 1.29 is 22.7 Å². The minimum absolute atomic E-state index is 0.111. The van der Waals surface area contributed by atoms with Crippen molar-refractivity contribution in [1.29, 1.82) is 0 Å². The number of hydrogen-bond donors (Lipinski definition) is 1. The summed E-state index contributed by atoms with van der Waals surface area (Å²) in [7, 11) is -0.958. The lowest BCUT2D eigenvalue weighted by Gasteiger charge is -2.26. The first-order valence-corrected chi connectivity index (χ1v) is 11.4. The number of aryl methyl sites for hydroxylation is 2. The SMILES string of the molecule is COc1ccc(NC(=O)CN(c2cc(C)ccc2C)S(=O)(=O)c2ccccc2)cc1OC. The summed E-state index contributed by atoms with van der Waals surface area (Å²) in [6, 6.07) is 18.5. The topological polar surface area (TPSA) is 84.9 Å². The third-order valence-corrected chi connectivity index (χ3v) is 6.69. The predicted molar refractivity (Wildman–Crippen MR) is 125 cm³/mol. The van der Waals surface area contributed by atoms with Crippen LogP contribution in [-0.2, 0) is 14.8 Å². The van der Waals surface area contributed by atoms with Gasteiger partial charge in [-0.05, 0) is 55.3 Å². The van der Waals surface area contributed by atoms with Gasteiger partial charge in [-0.2, -0.15) is 0 Å². The number of anilines is 2. The standard InChI is InChI=1S/C24H26N2O5S/c1-17-10-11-18(2)21(14-17)26(32(28,29)20-8-6-5-7-9-20)16-24(27)25-19-12-13-22(30-3)23(15-19)31-4/h5-15H,16H2,1-4H3,(H,25,27). The molecular formula is C24H26N2O5S. The molecule has 8 heteroatoms. The Morgan fingerprint density at radius 2 is 1.59 bits per heavy atom. The van der Waals surface area contributed by atoms with Gasteiger partial charge in [0.2, 0.25) is 5.91 Å². The van der Waals surface area contributed by atoms with Crippen molar-refractivity contribution in [2.45, 2.75) is 18.7 Å². The monoisotopic (exact) mass is 454 g/mol. The summed E-state index contributed by atoms with van der Waals surface area (Å²) in [4.78, 5) is 13.0. The molecule has 0 fully saturated rings. The van der Waals surface area contributed by atoms with Gasteiger partial charge in [-0.3, -0.25) is 9.10 Å². The van der Waals surface area contributed by atoms with Gasteiger partial charge in [-0.25, -0.2) is 8.42 Å². The zero-order chi connectivity index (χ0) is 23.3. The molecule has 0 saturated heterocycles. The molecule has 0 saturated carbocycles. The van der Waals surface area contributed by atoms with Crippen LogP contribution in [0.15, 0.2) is 71.6 Å². The molecule has 0 atom stereocenters. The first-order chi connectivity index (χ1) is 15.3. The molecule has 0 unspecified atom stereocenters. The number of sulfonamides is 1. The van der Waals surface area contributed by atoms with Gasteiger partial charge in [0.15, 0.2) is 11.5 Å². The summed E-state index contributed by atoms with van der Waals surface area (Å²) in [6.45, 7) is 3.30. The van der Waals surface area contributed by atoms with Crippen molar-refractivity contribution in [3.8, 4) is 11.5 Å². The maximum Gasteiger partial charge on any atom is 0.264 e. The van der Waals surface area contributed by atoms with Crippen molar-refractivity contribution in [1.82, 2.24) is 0 Å². The van der Waals surface area contributed by atoms with Crippen LogP contribution in [0.3, 0.4) is 0 Å². The number of nitrogens with zero attached hydrogens (tertiary/aromatic N) is 1.